The summed E-state index contributed by atoms with van der Waals surface area (Å²) in [6, 6.07) is 9.17. The summed E-state index contributed by atoms with van der Waals surface area (Å²) in [5.41, 5.74) is 2.90. The van der Waals surface area contributed by atoms with E-state index in [1.165, 1.54) is 18.0 Å². The average molecular weight is 434 g/mol. The topological polar surface area (TPSA) is 79.4 Å². The van der Waals surface area contributed by atoms with E-state index in [9.17, 15) is 13.2 Å². The molecule has 156 valence electrons. The molecule has 1 fully saturated rings. The van der Waals surface area contributed by atoms with Crippen LogP contribution in [-0.4, -0.2) is 42.5 Å². The summed E-state index contributed by atoms with van der Waals surface area (Å²) in [6.45, 7) is 5.07. The first-order valence-electron chi connectivity index (χ1n) is 9.82. The van der Waals surface area contributed by atoms with Gasteiger partial charge in [0.15, 0.2) is 0 Å². The molecule has 0 bridgehead atoms. The smallest absolute Gasteiger partial charge is 0.244 e. The molecule has 8 heteroatoms. The molecule has 2 aromatic rings. The van der Waals surface area contributed by atoms with Crippen LogP contribution in [0.1, 0.15) is 36.8 Å². The predicted octanol–water partition coefficient (Wildman–Crippen LogP) is 3.99. The predicted molar refractivity (Wildman–Crippen MR) is 117 cm³/mol. The number of thioether (sulfide) groups is 1. The SMILES string of the molecule is Cc1ccc(C)c(NC(=O)CSc2ccc(S(=O)(=O)N3CCCCCC3)cn2)c1. The van der Waals surface area contributed by atoms with Gasteiger partial charge < -0.3 is 5.32 Å². The molecular weight excluding hydrogens is 406 g/mol. The molecule has 1 amide bonds. The largest absolute Gasteiger partial charge is 0.325 e. The number of sulfonamides is 1. The molecule has 1 N–H and O–H groups in total. The van der Waals surface area contributed by atoms with E-state index in [1.54, 1.807) is 16.4 Å². The average Bonchev–Trinajstić information content (AvgIpc) is 3.00. The highest BCUT2D eigenvalue weighted by Crippen LogP contribution is 2.23. The number of pyridine rings is 1. The van der Waals surface area contributed by atoms with Gasteiger partial charge in [-0.3, -0.25) is 4.79 Å². The molecule has 0 unspecified atom stereocenters. The van der Waals surface area contributed by atoms with Crippen molar-refractivity contribution in [2.24, 2.45) is 0 Å². The van der Waals surface area contributed by atoms with Gasteiger partial charge in [0.2, 0.25) is 15.9 Å². The number of hydrogen-bond donors (Lipinski definition) is 1. The third-order valence-electron chi connectivity index (χ3n) is 4.93. The normalized spacial score (nSPS) is 15.7. The van der Waals surface area contributed by atoms with Gasteiger partial charge in [-0.15, -0.1) is 0 Å². The minimum Gasteiger partial charge on any atom is -0.325 e. The van der Waals surface area contributed by atoms with E-state index >= 15 is 0 Å². The number of amides is 1. The summed E-state index contributed by atoms with van der Waals surface area (Å²) in [6.07, 6.45) is 5.34. The van der Waals surface area contributed by atoms with Gasteiger partial charge >= 0.3 is 0 Å². The number of nitrogens with zero attached hydrogens (tertiary/aromatic N) is 2. The van der Waals surface area contributed by atoms with Gasteiger partial charge in [0, 0.05) is 25.0 Å². The van der Waals surface area contributed by atoms with Crippen molar-refractivity contribution in [2.45, 2.75) is 49.5 Å². The Bertz CT molecular complexity index is 952. The van der Waals surface area contributed by atoms with Crippen LogP contribution in [0.3, 0.4) is 0 Å². The van der Waals surface area contributed by atoms with Gasteiger partial charge in [-0.2, -0.15) is 4.31 Å². The maximum absolute atomic E-state index is 12.8. The number of anilines is 1. The van der Waals surface area contributed by atoms with Crippen LogP contribution in [0.25, 0.3) is 0 Å². The number of benzene rings is 1. The molecule has 1 aliphatic heterocycles. The van der Waals surface area contributed by atoms with Crippen LogP contribution in [0.5, 0.6) is 0 Å². The Morgan fingerprint density at radius 2 is 1.83 bits per heavy atom. The quantitative estimate of drug-likeness (QED) is 0.697. The van der Waals surface area contributed by atoms with Crippen molar-refractivity contribution in [1.82, 2.24) is 9.29 Å². The Balaban J connectivity index is 1.59. The third-order valence-corrected chi connectivity index (χ3v) is 7.76. The molecule has 0 radical (unpaired) electrons. The zero-order chi connectivity index (χ0) is 20.9. The number of carbonyl (C=O) groups excluding carboxylic acids is 1. The lowest BCUT2D eigenvalue weighted by Crippen LogP contribution is -2.32. The van der Waals surface area contributed by atoms with Crippen LogP contribution < -0.4 is 5.32 Å². The number of hydrogen-bond acceptors (Lipinski definition) is 5. The summed E-state index contributed by atoms with van der Waals surface area (Å²) >= 11 is 1.28. The van der Waals surface area contributed by atoms with Crippen molar-refractivity contribution in [3.05, 3.63) is 47.7 Å². The summed E-state index contributed by atoms with van der Waals surface area (Å²) in [4.78, 5) is 16.7. The lowest BCUT2D eigenvalue weighted by molar-refractivity contribution is -0.113. The molecule has 0 aliphatic carbocycles. The van der Waals surface area contributed by atoms with E-state index in [1.807, 2.05) is 32.0 Å². The van der Waals surface area contributed by atoms with Gasteiger partial charge in [-0.1, -0.05) is 36.7 Å². The van der Waals surface area contributed by atoms with Gasteiger partial charge in [0.05, 0.1) is 10.8 Å². The summed E-state index contributed by atoms with van der Waals surface area (Å²) in [5, 5.41) is 3.54. The zero-order valence-corrected chi connectivity index (χ0v) is 18.5. The van der Waals surface area contributed by atoms with E-state index in [2.05, 4.69) is 10.3 Å². The first-order valence-corrected chi connectivity index (χ1v) is 12.2. The van der Waals surface area contributed by atoms with Crippen molar-refractivity contribution in [1.29, 1.82) is 0 Å². The second kappa shape index (κ2) is 9.73. The monoisotopic (exact) mass is 433 g/mol. The number of aryl methyl sites for hydroxylation is 2. The van der Waals surface area contributed by atoms with Crippen molar-refractivity contribution in [3.63, 3.8) is 0 Å². The van der Waals surface area contributed by atoms with Crippen LogP contribution in [0, 0.1) is 13.8 Å². The summed E-state index contributed by atoms with van der Waals surface area (Å²) in [5.74, 6) is 0.0882. The van der Waals surface area contributed by atoms with E-state index in [4.69, 9.17) is 0 Å². The third kappa shape index (κ3) is 5.81. The van der Waals surface area contributed by atoms with Crippen molar-refractivity contribution >= 4 is 33.4 Å². The van der Waals surface area contributed by atoms with Crippen molar-refractivity contribution in [3.8, 4) is 0 Å². The van der Waals surface area contributed by atoms with Gasteiger partial charge in [0.25, 0.3) is 0 Å². The molecule has 0 saturated carbocycles. The Morgan fingerprint density at radius 1 is 1.10 bits per heavy atom. The fourth-order valence-electron chi connectivity index (χ4n) is 3.23. The molecular formula is C21H27N3O3S2. The van der Waals surface area contributed by atoms with E-state index in [0.717, 1.165) is 42.5 Å². The highest BCUT2D eigenvalue weighted by Gasteiger charge is 2.25. The lowest BCUT2D eigenvalue weighted by atomic mass is 10.1. The minimum absolute atomic E-state index is 0.119. The number of nitrogens with one attached hydrogen (secondary N) is 1. The van der Waals surface area contributed by atoms with E-state index < -0.39 is 10.0 Å². The molecule has 1 aromatic carbocycles. The molecule has 0 spiro atoms. The fraction of sp³-hybridized carbons (Fsp3) is 0.429. The van der Waals surface area contributed by atoms with Crippen LogP contribution >= 0.6 is 11.8 Å². The van der Waals surface area contributed by atoms with Crippen LogP contribution in [0.2, 0.25) is 0 Å². The number of carbonyl (C=O) groups is 1. The summed E-state index contributed by atoms with van der Waals surface area (Å²) < 4.78 is 27.1. The summed E-state index contributed by atoms with van der Waals surface area (Å²) in [7, 11) is -3.50. The lowest BCUT2D eigenvalue weighted by Gasteiger charge is -2.19. The maximum atomic E-state index is 12.8. The first kappa shape index (κ1) is 21.8. The van der Waals surface area contributed by atoms with Crippen LogP contribution in [-0.2, 0) is 14.8 Å². The minimum atomic E-state index is -3.50. The van der Waals surface area contributed by atoms with Crippen molar-refractivity contribution < 1.29 is 13.2 Å². The number of aromatic nitrogens is 1. The van der Waals surface area contributed by atoms with E-state index in [-0.39, 0.29) is 16.6 Å². The maximum Gasteiger partial charge on any atom is 0.244 e. The molecule has 6 nitrogen and oxygen atoms in total. The zero-order valence-electron chi connectivity index (χ0n) is 16.8. The Labute approximate surface area is 177 Å². The Morgan fingerprint density at radius 3 is 2.48 bits per heavy atom. The number of rotatable bonds is 6. The van der Waals surface area contributed by atoms with Crippen LogP contribution in [0.15, 0.2) is 46.5 Å². The molecule has 1 aliphatic rings. The second-order valence-electron chi connectivity index (χ2n) is 7.31. The van der Waals surface area contributed by atoms with Crippen molar-refractivity contribution in [2.75, 3.05) is 24.2 Å². The van der Waals surface area contributed by atoms with Gasteiger partial charge in [-0.05, 0) is 56.0 Å². The molecule has 0 atom stereocenters. The second-order valence-corrected chi connectivity index (χ2v) is 10.2. The Hall–Kier alpha value is -1.90. The standard InChI is InChI=1S/C21H27N3O3S2/c1-16-7-8-17(2)19(13-16)23-20(25)15-28-21-10-9-18(14-22-21)29(26,27)24-11-5-3-4-6-12-24/h7-10,13-14H,3-6,11-12,15H2,1-2H3,(H,23,25). The highest BCUT2D eigenvalue weighted by atomic mass is 32.2. The first-order chi connectivity index (χ1) is 13.9. The van der Waals surface area contributed by atoms with Gasteiger partial charge in [0.1, 0.15) is 4.90 Å². The van der Waals surface area contributed by atoms with Crippen LogP contribution in [0.4, 0.5) is 5.69 Å². The van der Waals surface area contributed by atoms with E-state index in [0.29, 0.717) is 18.1 Å². The van der Waals surface area contributed by atoms with Gasteiger partial charge in [-0.25, -0.2) is 13.4 Å². The molecule has 1 saturated heterocycles. The Kier molecular flexibility index (Phi) is 7.32. The molecule has 2 heterocycles. The molecule has 1 aromatic heterocycles. The molecule has 3 rings (SSSR count). The molecule has 29 heavy (non-hydrogen) atoms. The highest BCUT2D eigenvalue weighted by molar-refractivity contribution is 7.99. The fourth-order valence-corrected chi connectivity index (χ4v) is 5.34.